The molecular formula is C11H18N4OS. The Morgan fingerprint density at radius 3 is 2.76 bits per heavy atom. The Bertz CT molecular complexity index is 385. The molecule has 94 valence electrons. The molecule has 0 saturated carbocycles. The maximum Gasteiger partial charge on any atom is 0.217 e. The average Bonchev–Trinajstić information content (AvgIpc) is 2.66. The van der Waals surface area contributed by atoms with Gasteiger partial charge in [-0.05, 0) is 31.8 Å². The van der Waals surface area contributed by atoms with Crippen LogP contribution in [-0.2, 0) is 11.3 Å². The molecule has 0 radical (unpaired) electrons. The molecule has 0 spiro atoms. The van der Waals surface area contributed by atoms with Crippen LogP contribution in [-0.4, -0.2) is 28.9 Å². The lowest BCUT2D eigenvalue weighted by molar-refractivity contribution is -0.119. The Morgan fingerprint density at radius 1 is 1.53 bits per heavy atom. The number of carbonyl (C=O) groups excluding carboxylic acids is 1. The Balaban J connectivity index is 1.77. The van der Waals surface area contributed by atoms with Crippen molar-refractivity contribution in [3.05, 3.63) is 11.1 Å². The summed E-state index contributed by atoms with van der Waals surface area (Å²) in [6.45, 7) is 2.96. The van der Waals surface area contributed by atoms with Gasteiger partial charge in [-0.2, -0.15) is 0 Å². The summed E-state index contributed by atoms with van der Waals surface area (Å²) in [6.07, 6.45) is 4.48. The first-order valence-electron chi connectivity index (χ1n) is 5.84. The third-order valence-corrected chi connectivity index (χ3v) is 3.96. The van der Waals surface area contributed by atoms with E-state index >= 15 is 0 Å². The fraction of sp³-hybridized carbons (Fsp3) is 0.636. The van der Waals surface area contributed by atoms with Gasteiger partial charge in [0.25, 0.3) is 0 Å². The summed E-state index contributed by atoms with van der Waals surface area (Å²) in [7, 11) is 0. The van der Waals surface area contributed by atoms with Crippen LogP contribution in [0, 0.1) is 5.92 Å². The van der Waals surface area contributed by atoms with E-state index in [1.54, 1.807) is 11.3 Å². The number of nitrogen functional groups attached to an aromatic ring is 1. The van der Waals surface area contributed by atoms with Crippen LogP contribution >= 0.6 is 11.3 Å². The maximum atomic E-state index is 10.8. The highest BCUT2D eigenvalue weighted by Gasteiger charge is 2.20. The number of thiazole rings is 1. The van der Waals surface area contributed by atoms with Gasteiger partial charge in [-0.3, -0.25) is 9.69 Å². The lowest BCUT2D eigenvalue weighted by Gasteiger charge is -2.30. The molecule has 6 heteroatoms. The number of nitrogens with two attached hydrogens (primary N) is 2. The summed E-state index contributed by atoms with van der Waals surface area (Å²) in [6, 6.07) is 0. The number of primary amides is 1. The number of carbonyl (C=O) groups is 1. The van der Waals surface area contributed by atoms with Crippen LogP contribution in [0.25, 0.3) is 0 Å². The Morgan fingerprint density at radius 2 is 2.24 bits per heavy atom. The minimum atomic E-state index is -0.182. The second-order valence-electron chi connectivity index (χ2n) is 4.55. The molecule has 2 rings (SSSR count). The Kier molecular flexibility index (Phi) is 3.96. The van der Waals surface area contributed by atoms with Crippen molar-refractivity contribution in [1.82, 2.24) is 9.88 Å². The largest absolute Gasteiger partial charge is 0.375 e. The summed E-state index contributed by atoms with van der Waals surface area (Å²) in [4.78, 5) is 18.5. The first-order chi connectivity index (χ1) is 8.13. The first-order valence-corrected chi connectivity index (χ1v) is 6.66. The van der Waals surface area contributed by atoms with Crippen LogP contribution in [0.15, 0.2) is 6.20 Å². The quantitative estimate of drug-likeness (QED) is 0.832. The predicted octanol–water partition coefficient (Wildman–Crippen LogP) is 0.813. The lowest BCUT2D eigenvalue weighted by Crippen LogP contribution is -2.34. The van der Waals surface area contributed by atoms with Gasteiger partial charge in [-0.15, -0.1) is 11.3 Å². The summed E-state index contributed by atoms with van der Waals surface area (Å²) < 4.78 is 0. The van der Waals surface area contributed by atoms with Crippen LogP contribution in [0.1, 0.15) is 24.1 Å². The van der Waals surface area contributed by atoms with Gasteiger partial charge in [0.05, 0.1) is 0 Å². The third kappa shape index (κ3) is 3.67. The molecule has 1 amide bonds. The first kappa shape index (κ1) is 12.3. The molecule has 1 aliphatic heterocycles. The van der Waals surface area contributed by atoms with Gasteiger partial charge in [0.2, 0.25) is 5.91 Å². The van der Waals surface area contributed by atoms with Gasteiger partial charge in [0.1, 0.15) is 0 Å². The van der Waals surface area contributed by atoms with Crippen LogP contribution < -0.4 is 11.5 Å². The zero-order valence-electron chi connectivity index (χ0n) is 9.76. The fourth-order valence-corrected chi connectivity index (χ4v) is 2.98. The maximum absolute atomic E-state index is 10.8. The van der Waals surface area contributed by atoms with Gasteiger partial charge in [0, 0.05) is 24.0 Å². The van der Waals surface area contributed by atoms with Crippen LogP contribution in [0.5, 0.6) is 0 Å². The zero-order chi connectivity index (χ0) is 12.3. The van der Waals surface area contributed by atoms with Gasteiger partial charge in [0.15, 0.2) is 5.13 Å². The summed E-state index contributed by atoms with van der Waals surface area (Å²) in [5.74, 6) is 0.286. The van der Waals surface area contributed by atoms with Crippen molar-refractivity contribution < 1.29 is 4.79 Å². The molecule has 0 aromatic carbocycles. The van der Waals surface area contributed by atoms with Crippen LogP contribution in [0.2, 0.25) is 0 Å². The molecule has 1 aromatic heterocycles. The summed E-state index contributed by atoms with van der Waals surface area (Å²) in [5.41, 5.74) is 10.8. The van der Waals surface area contributed by atoms with E-state index in [0.717, 1.165) is 32.5 Å². The molecule has 1 fully saturated rings. The van der Waals surface area contributed by atoms with E-state index < -0.39 is 0 Å². The molecule has 1 saturated heterocycles. The molecule has 0 bridgehead atoms. The zero-order valence-corrected chi connectivity index (χ0v) is 10.6. The Hall–Kier alpha value is -1.14. The number of nitrogens with zero attached hydrogens (tertiary/aromatic N) is 2. The highest BCUT2D eigenvalue weighted by Crippen LogP contribution is 2.23. The fourth-order valence-electron chi connectivity index (χ4n) is 2.25. The number of aromatic nitrogens is 1. The molecule has 0 atom stereocenters. The SMILES string of the molecule is NC(=O)CC1CCN(Cc2cnc(N)s2)CC1. The monoisotopic (exact) mass is 254 g/mol. The number of hydrogen-bond donors (Lipinski definition) is 2. The minimum Gasteiger partial charge on any atom is -0.375 e. The molecule has 2 heterocycles. The third-order valence-electron chi connectivity index (χ3n) is 3.15. The van der Waals surface area contributed by atoms with Crippen molar-refractivity contribution in [2.75, 3.05) is 18.8 Å². The number of rotatable bonds is 4. The Labute approximate surface area is 105 Å². The van der Waals surface area contributed by atoms with E-state index in [4.69, 9.17) is 11.5 Å². The standard InChI is InChI=1S/C11H18N4OS/c12-10(16)5-8-1-3-15(4-2-8)7-9-6-14-11(13)17-9/h6,8H,1-5,7H2,(H2,12,16)(H2,13,14). The average molecular weight is 254 g/mol. The normalized spacial score (nSPS) is 18.4. The van der Waals surface area contributed by atoms with E-state index in [9.17, 15) is 4.79 Å². The molecule has 5 nitrogen and oxygen atoms in total. The highest BCUT2D eigenvalue weighted by atomic mass is 32.1. The number of hydrogen-bond acceptors (Lipinski definition) is 5. The number of amides is 1. The number of anilines is 1. The van der Waals surface area contributed by atoms with E-state index in [-0.39, 0.29) is 5.91 Å². The van der Waals surface area contributed by atoms with Crippen molar-refractivity contribution in [3.8, 4) is 0 Å². The molecule has 0 aliphatic carbocycles. The van der Waals surface area contributed by atoms with Crippen molar-refractivity contribution >= 4 is 22.4 Å². The number of piperidine rings is 1. The molecule has 17 heavy (non-hydrogen) atoms. The number of likely N-dealkylation sites (tertiary alicyclic amines) is 1. The van der Waals surface area contributed by atoms with Gasteiger partial charge in [-0.1, -0.05) is 0 Å². The van der Waals surface area contributed by atoms with Gasteiger partial charge < -0.3 is 11.5 Å². The minimum absolute atomic E-state index is 0.182. The predicted molar refractivity (Wildman–Crippen MR) is 68.3 cm³/mol. The second kappa shape index (κ2) is 5.46. The molecular weight excluding hydrogens is 236 g/mol. The smallest absolute Gasteiger partial charge is 0.217 e. The lowest BCUT2D eigenvalue weighted by atomic mass is 9.93. The highest BCUT2D eigenvalue weighted by molar-refractivity contribution is 7.15. The van der Waals surface area contributed by atoms with E-state index in [2.05, 4.69) is 9.88 Å². The van der Waals surface area contributed by atoms with Crippen LogP contribution in [0.3, 0.4) is 0 Å². The van der Waals surface area contributed by atoms with Crippen molar-refractivity contribution in [1.29, 1.82) is 0 Å². The molecule has 4 N–H and O–H groups in total. The summed E-state index contributed by atoms with van der Waals surface area (Å²) in [5, 5.41) is 0.628. The summed E-state index contributed by atoms with van der Waals surface area (Å²) >= 11 is 1.54. The van der Waals surface area contributed by atoms with Crippen molar-refractivity contribution in [2.45, 2.75) is 25.8 Å². The van der Waals surface area contributed by atoms with Gasteiger partial charge >= 0.3 is 0 Å². The van der Waals surface area contributed by atoms with E-state index in [1.165, 1.54) is 4.88 Å². The van der Waals surface area contributed by atoms with Crippen molar-refractivity contribution in [3.63, 3.8) is 0 Å². The molecule has 0 unspecified atom stereocenters. The van der Waals surface area contributed by atoms with E-state index in [1.807, 2.05) is 6.20 Å². The van der Waals surface area contributed by atoms with E-state index in [0.29, 0.717) is 17.5 Å². The molecule has 1 aromatic rings. The van der Waals surface area contributed by atoms with Crippen molar-refractivity contribution in [2.24, 2.45) is 11.7 Å². The molecule has 1 aliphatic rings. The van der Waals surface area contributed by atoms with Gasteiger partial charge in [-0.25, -0.2) is 4.98 Å². The second-order valence-corrected chi connectivity index (χ2v) is 5.70. The topological polar surface area (TPSA) is 85.2 Å². The van der Waals surface area contributed by atoms with Crippen LogP contribution in [0.4, 0.5) is 5.13 Å².